The van der Waals surface area contributed by atoms with E-state index in [4.69, 9.17) is 9.47 Å². The topological polar surface area (TPSA) is 55.8 Å². The average molecular weight is 430 g/mol. The molecule has 2 aromatic rings. The molecule has 3 rings (SSSR count). The molecule has 162 valence electrons. The first-order valence-electron chi connectivity index (χ1n) is 10.3. The van der Waals surface area contributed by atoms with Crippen molar-refractivity contribution >= 4 is 10.0 Å². The third kappa shape index (κ3) is 6.09. The molecule has 1 aliphatic carbocycles. The Balaban J connectivity index is 1.82. The number of benzene rings is 2. The predicted molar refractivity (Wildman–Crippen MR) is 120 cm³/mol. The summed E-state index contributed by atoms with van der Waals surface area (Å²) in [5, 5.41) is 0. The second-order valence-electron chi connectivity index (χ2n) is 7.86. The van der Waals surface area contributed by atoms with Crippen LogP contribution in [0.2, 0.25) is 0 Å². The van der Waals surface area contributed by atoms with Gasteiger partial charge in [0, 0.05) is 13.1 Å². The second-order valence-corrected chi connectivity index (χ2v) is 9.88. The molecule has 1 aliphatic rings. The van der Waals surface area contributed by atoms with Crippen LogP contribution in [-0.2, 0) is 23.1 Å². The number of allylic oxidation sites excluding steroid dienone is 1. The van der Waals surface area contributed by atoms with Crippen LogP contribution in [0.15, 0.2) is 61.2 Å². The van der Waals surface area contributed by atoms with Crippen molar-refractivity contribution in [2.75, 3.05) is 20.0 Å². The van der Waals surface area contributed by atoms with Gasteiger partial charge in [-0.1, -0.05) is 30.3 Å². The standard InChI is InChI=1S/C24H31NO4S/c1-4-5-22(21-10-11-21)18-30(26,27)25(16-19-6-12-23(28-2)13-7-19)17-20-8-14-24(29-3)15-9-20/h4,6-9,12-15,21-22H,1,5,10-11,16-18H2,2-3H3. The van der Waals surface area contributed by atoms with Gasteiger partial charge in [-0.2, -0.15) is 4.31 Å². The zero-order valence-electron chi connectivity index (χ0n) is 17.8. The van der Waals surface area contributed by atoms with Gasteiger partial charge >= 0.3 is 0 Å². The Morgan fingerprint density at radius 2 is 1.43 bits per heavy atom. The number of hydrogen-bond donors (Lipinski definition) is 0. The monoisotopic (exact) mass is 429 g/mol. The van der Waals surface area contributed by atoms with Crippen LogP contribution in [0.3, 0.4) is 0 Å². The number of sulfonamides is 1. The molecule has 2 aromatic carbocycles. The highest BCUT2D eigenvalue weighted by molar-refractivity contribution is 7.89. The van der Waals surface area contributed by atoms with Crippen molar-refractivity contribution in [3.8, 4) is 11.5 Å². The summed E-state index contributed by atoms with van der Waals surface area (Å²) in [6.45, 7) is 4.47. The molecule has 0 aromatic heterocycles. The highest BCUT2D eigenvalue weighted by atomic mass is 32.2. The van der Waals surface area contributed by atoms with Crippen LogP contribution in [0.5, 0.6) is 11.5 Å². The highest BCUT2D eigenvalue weighted by Gasteiger charge is 2.35. The first-order valence-corrected chi connectivity index (χ1v) is 11.9. The maximum atomic E-state index is 13.4. The fraction of sp³-hybridized carbons (Fsp3) is 0.417. The Bertz CT molecular complexity index is 869. The predicted octanol–water partition coefficient (Wildman–Crippen LogP) is 4.64. The molecule has 30 heavy (non-hydrogen) atoms. The third-order valence-corrected chi connectivity index (χ3v) is 7.51. The van der Waals surface area contributed by atoms with Gasteiger partial charge in [0.1, 0.15) is 11.5 Å². The van der Waals surface area contributed by atoms with Crippen LogP contribution in [0.4, 0.5) is 0 Å². The molecule has 1 fully saturated rings. The minimum Gasteiger partial charge on any atom is -0.497 e. The number of ether oxygens (including phenoxy) is 2. The average Bonchev–Trinajstić information content (AvgIpc) is 3.59. The third-order valence-electron chi connectivity index (χ3n) is 5.61. The number of rotatable bonds is 12. The lowest BCUT2D eigenvalue weighted by Crippen LogP contribution is -2.35. The first-order chi connectivity index (χ1) is 14.4. The molecule has 0 spiro atoms. The zero-order chi connectivity index (χ0) is 21.6. The van der Waals surface area contributed by atoms with Crippen LogP contribution < -0.4 is 9.47 Å². The van der Waals surface area contributed by atoms with E-state index in [9.17, 15) is 8.42 Å². The molecular formula is C24H31NO4S. The minimum absolute atomic E-state index is 0.140. The summed E-state index contributed by atoms with van der Waals surface area (Å²) in [5.41, 5.74) is 1.86. The summed E-state index contributed by atoms with van der Waals surface area (Å²) >= 11 is 0. The lowest BCUT2D eigenvalue weighted by molar-refractivity contribution is 0.387. The molecule has 0 amide bonds. The summed E-state index contributed by atoms with van der Waals surface area (Å²) in [4.78, 5) is 0. The largest absolute Gasteiger partial charge is 0.497 e. The summed E-state index contributed by atoms with van der Waals surface area (Å²) in [6, 6.07) is 15.1. The van der Waals surface area contributed by atoms with E-state index < -0.39 is 10.0 Å². The Morgan fingerprint density at radius 3 is 1.80 bits per heavy atom. The zero-order valence-corrected chi connectivity index (χ0v) is 18.6. The van der Waals surface area contributed by atoms with Gasteiger partial charge in [0.15, 0.2) is 0 Å². The molecule has 0 saturated heterocycles. The Labute approximate surface area is 180 Å². The van der Waals surface area contributed by atoms with E-state index in [0.29, 0.717) is 19.0 Å². The van der Waals surface area contributed by atoms with Crippen LogP contribution in [0.1, 0.15) is 30.4 Å². The van der Waals surface area contributed by atoms with E-state index in [1.807, 2.05) is 54.6 Å². The van der Waals surface area contributed by atoms with Gasteiger partial charge in [-0.3, -0.25) is 0 Å². The molecular weight excluding hydrogens is 398 g/mol. The van der Waals surface area contributed by atoms with E-state index in [0.717, 1.165) is 41.9 Å². The van der Waals surface area contributed by atoms with Crippen molar-refractivity contribution in [2.24, 2.45) is 11.8 Å². The number of nitrogens with zero attached hydrogens (tertiary/aromatic N) is 1. The van der Waals surface area contributed by atoms with Crippen molar-refractivity contribution in [1.82, 2.24) is 4.31 Å². The van der Waals surface area contributed by atoms with Crippen molar-refractivity contribution in [1.29, 1.82) is 0 Å². The van der Waals surface area contributed by atoms with Gasteiger partial charge in [-0.25, -0.2) is 8.42 Å². The van der Waals surface area contributed by atoms with Crippen LogP contribution in [-0.4, -0.2) is 32.7 Å². The number of methoxy groups -OCH3 is 2. The Hall–Kier alpha value is -2.31. The van der Waals surface area contributed by atoms with E-state index in [1.165, 1.54) is 0 Å². The maximum absolute atomic E-state index is 13.4. The van der Waals surface area contributed by atoms with Crippen molar-refractivity contribution < 1.29 is 17.9 Å². The van der Waals surface area contributed by atoms with E-state index in [2.05, 4.69) is 6.58 Å². The molecule has 1 saturated carbocycles. The lowest BCUT2D eigenvalue weighted by atomic mass is 10.0. The molecule has 1 atom stereocenters. The van der Waals surface area contributed by atoms with E-state index >= 15 is 0 Å². The first kappa shape index (κ1) is 22.4. The molecule has 0 bridgehead atoms. The van der Waals surface area contributed by atoms with E-state index in [-0.39, 0.29) is 11.7 Å². The normalized spacial score (nSPS) is 15.0. The van der Waals surface area contributed by atoms with Crippen LogP contribution in [0.25, 0.3) is 0 Å². The van der Waals surface area contributed by atoms with Gasteiger partial charge in [0.25, 0.3) is 0 Å². The quantitative estimate of drug-likeness (QED) is 0.461. The van der Waals surface area contributed by atoms with Crippen molar-refractivity contribution in [3.63, 3.8) is 0 Å². The van der Waals surface area contributed by atoms with Crippen molar-refractivity contribution in [3.05, 3.63) is 72.3 Å². The fourth-order valence-electron chi connectivity index (χ4n) is 3.68. The van der Waals surface area contributed by atoms with Gasteiger partial charge in [0.05, 0.1) is 20.0 Å². The molecule has 5 nitrogen and oxygen atoms in total. The van der Waals surface area contributed by atoms with Crippen LogP contribution in [0, 0.1) is 11.8 Å². The lowest BCUT2D eigenvalue weighted by Gasteiger charge is -2.25. The molecule has 0 N–H and O–H groups in total. The van der Waals surface area contributed by atoms with Gasteiger partial charge in [0.2, 0.25) is 10.0 Å². The molecule has 1 unspecified atom stereocenters. The number of hydrogen-bond acceptors (Lipinski definition) is 4. The molecule has 6 heteroatoms. The summed E-state index contributed by atoms with van der Waals surface area (Å²) < 4.78 is 38.9. The molecule has 0 aliphatic heterocycles. The van der Waals surface area contributed by atoms with Gasteiger partial charge in [-0.15, -0.1) is 6.58 Å². The summed E-state index contributed by atoms with van der Waals surface area (Å²) in [6.07, 6.45) is 4.81. The SMILES string of the molecule is C=CCC(CS(=O)(=O)N(Cc1ccc(OC)cc1)Cc1ccc(OC)cc1)C1CC1. The summed E-state index contributed by atoms with van der Waals surface area (Å²) in [7, 11) is -0.217. The van der Waals surface area contributed by atoms with Crippen molar-refractivity contribution in [2.45, 2.75) is 32.4 Å². The van der Waals surface area contributed by atoms with Gasteiger partial charge in [-0.05, 0) is 66.5 Å². The smallest absolute Gasteiger partial charge is 0.215 e. The summed E-state index contributed by atoms with van der Waals surface area (Å²) in [5.74, 6) is 2.31. The van der Waals surface area contributed by atoms with Crippen LogP contribution >= 0.6 is 0 Å². The van der Waals surface area contributed by atoms with E-state index in [1.54, 1.807) is 18.5 Å². The fourth-order valence-corrected chi connectivity index (χ4v) is 5.53. The molecule has 0 heterocycles. The minimum atomic E-state index is -3.45. The highest BCUT2D eigenvalue weighted by Crippen LogP contribution is 2.40. The second kappa shape index (κ2) is 10.1. The molecule has 0 radical (unpaired) electrons. The van der Waals surface area contributed by atoms with Gasteiger partial charge < -0.3 is 9.47 Å². The maximum Gasteiger partial charge on any atom is 0.215 e. The Kier molecular flexibility index (Phi) is 7.56. The Morgan fingerprint density at radius 1 is 0.967 bits per heavy atom.